The zero-order valence-electron chi connectivity index (χ0n) is 14.5. The van der Waals surface area contributed by atoms with Crippen LogP contribution in [0.25, 0.3) is 15.8 Å². The van der Waals surface area contributed by atoms with E-state index in [1.54, 1.807) is 16.8 Å². The van der Waals surface area contributed by atoms with Gasteiger partial charge in [0, 0.05) is 18.0 Å². The van der Waals surface area contributed by atoms with Crippen molar-refractivity contribution >= 4 is 45.0 Å². The Bertz CT molecular complexity index is 984. The Kier molecular flexibility index (Phi) is 5.91. The lowest BCUT2D eigenvalue weighted by Gasteiger charge is -2.19. The molecule has 0 bridgehead atoms. The minimum Gasteiger partial charge on any atom is -0.404 e. The maximum absolute atomic E-state index is 8.83. The lowest BCUT2D eigenvalue weighted by molar-refractivity contribution is 0.307. The highest BCUT2D eigenvalue weighted by Gasteiger charge is 2.13. The first-order chi connectivity index (χ1) is 13.1. The number of hydrogen-bond acceptors (Lipinski definition) is 10. The van der Waals surface area contributed by atoms with Crippen LogP contribution in [0.5, 0.6) is 0 Å². The standard InChI is InChI=1S/C17H20N8OS/c18-6-12(7-21-3-4-26)14-8-22-16(19)17(24-14)25(20)9-11-1-2-13-15(5-11)27-10-23-13/h1-2,5-8,10,26H,3-4,9,18,20H2,(H2,19,22). The summed E-state index contributed by atoms with van der Waals surface area (Å²) in [6.07, 6.45) is 4.39. The molecule has 7 N–H and O–H groups in total. The third kappa shape index (κ3) is 4.37. The molecule has 0 fully saturated rings. The van der Waals surface area contributed by atoms with E-state index in [1.165, 1.54) is 23.6 Å². The van der Waals surface area contributed by atoms with Crippen LogP contribution in [0.4, 0.5) is 11.6 Å². The second-order valence-electron chi connectivity index (χ2n) is 5.63. The van der Waals surface area contributed by atoms with Crippen LogP contribution < -0.4 is 22.3 Å². The minimum atomic E-state index is -0.0479. The lowest BCUT2D eigenvalue weighted by Crippen LogP contribution is -2.32. The van der Waals surface area contributed by atoms with Gasteiger partial charge in [0.25, 0.3) is 0 Å². The molecule has 0 aliphatic rings. The smallest absolute Gasteiger partial charge is 0.186 e. The number of aliphatic imine (C=N–C) groups is 1. The molecule has 3 rings (SSSR count). The summed E-state index contributed by atoms with van der Waals surface area (Å²) in [7, 11) is 0. The molecule has 9 nitrogen and oxygen atoms in total. The van der Waals surface area contributed by atoms with Gasteiger partial charge in [-0.15, -0.1) is 11.3 Å². The van der Waals surface area contributed by atoms with Crippen molar-refractivity contribution in [3.8, 4) is 0 Å². The Hall–Kier alpha value is -3.08. The van der Waals surface area contributed by atoms with Crippen molar-refractivity contribution in [1.29, 1.82) is 0 Å². The third-order valence-corrected chi connectivity index (χ3v) is 4.53. The second kappa shape index (κ2) is 8.54. The number of aromatic nitrogens is 3. The summed E-state index contributed by atoms with van der Waals surface area (Å²) < 4.78 is 1.09. The molecule has 0 unspecified atom stereocenters. The number of aliphatic hydroxyl groups is 1. The maximum Gasteiger partial charge on any atom is 0.186 e. The van der Waals surface area contributed by atoms with Crippen LogP contribution in [0.15, 0.2) is 41.1 Å². The van der Waals surface area contributed by atoms with Gasteiger partial charge in [0.15, 0.2) is 11.6 Å². The van der Waals surface area contributed by atoms with Crippen LogP contribution in [-0.2, 0) is 6.54 Å². The number of rotatable bonds is 7. The molecule has 0 saturated carbocycles. The summed E-state index contributed by atoms with van der Waals surface area (Å²) in [6.45, 7) is 0.625. The predicted octanol–water partition coefficient (Wildman–Crippen LogP) is 0.912. The van der Waals surface area contributed by atoms with E-state index in [4.69, 9.17) is 22.4 Å². The van der Waals surface area contributed by atoms with Crippen LogP contribution >= 0.6 is 11.3 Å². The summed E-state index contributed by atoms with van der Waals surface area (Å²) in [5.74, 6) is 6.75. The highest BCUT2D eigenvalue weighted by atomic mass is 32.1. The summed E-state index contributed by atoms with van der Waals surface area (Å²) in [6, 6.07) is 5.95. The van der Waals surface area contributed by atoms with Gasteiger partial charge < -0.3 is 16.6 Å². The monoisotopic (exact) mass is 384 g/mol. The van der Waals surface area contributed by atoms with Crippen LogP contribution in [-0.4, -0.2) is 39.4 Å². The van der Waals surface area contributed by atoms with E-state index in [2.05, 4.69) is 19.9 Å². The van der Waals surface area contributed by atoms with Gasteiger partial charge in [0.1, 0.15) is 0 Å². The largest absolute Gasteiger partial charge is 0.404 e. The van der Waals surface area contributed by atoms with E-state index >= 15 is 0 Å². The Balaban J connectivity index is 1.84. The molecule has 0 aliphatic heterocycles. The molecular formula is C17H20N8OS. The summed E-state index contributed by atoms with van der Waals surface area (Å²) in [5, 5.41) is 10.3. The van der Waals surface area contributed by atoms with Gasteiger partial charge in [-0.25, -0.2) is 20.8 Å². The number of anilines is 2. The number of nitrogens with two attached hydrogens (primary N) is 3. The molecule has 10 heteroatoms. The number of allylic oxidation sites excluding steroid dienone is 1. The zero-order valence-corrected chi connectivity index (χ0v) is 15.3. The Morgan fingerprint density at radius 2 is 2.19 bits per heavy atom. The number of nitrogens with zero attached hydrogens (tertiary/aromatic N) is 5. The molecule has 0 amide bonds. The van der Waals surface area contributed by atoms with Crippen LogP contribution in [0.3, 0.4) is 0 Å². The first kappa shape index (κ1) is 18.7. The normalized spacial score (nSPS) is 12.1. The molecule has 1 aromatic carbocycles. The van der Waals surface area contributed by atoms with Gasteiger partial charge in [0.05, 0.1) is 47.3 Å². The molecular weight excluding hydrogens is 364 g/mol. The lowest BCUT2D eigenvalue weighted by atomic mass is 10.2. The fourth-order valence-corrected chi connectivity index (χ4v) is 3.16. The van der Waals surface area contributed by atoms with Gasteiger partial charge in [-0.1, -0.05) is 6.07 Å². The molecule has 2 aromatic heterocycles. The van der Waals surface area contributed by atoms with Crippen molar-refractivity contribution < 1.29 is 5.11 Å². The summed E-state index contributed by atoms with van der Waals surface area (Å²) in [5.41, 5.74) is 16.4. The van der Waals surface area contributed by atoms with Crippen molar-refractivity contribution in [1.82, 2.24) is 15.0 Å². The predicted molar refractivity (Wildman–Crippen MR) is 109 cm³/mol. The zero-order chi connectivity index (χ0) is 19.2. The molecule has 0 aliphatic carbocycles. The van der Waals surface area contributed by atoms with E-state index in [0.717, 1.165) is 15.8 Å². The third-order valence-electron chi connectivity index (χ3n) is 3.74. The Morgan fingerprint density at radius 3 is 2.96 bits per heavy atom. The van der Waals surface area contributed by atoms with Crippen molar-refractivity contribution in [3.05, 3.63) is 47.4 Å². The highest BCUT2D eigenvalue weighted by Crippen LogP contribution is 2.23. The number of nitrogen functional groups attached to an aromatic ring is 1. The Morgan fingerprint density at radius 1 is 1.33 bits per heavy atom. The van der Waals surface area contributed by atoms with E-state index in [-0.39, 0.29) is 19.0 Å². The first-order valence-electron chi connectivity index (χ1n) is 8.12. The summed E-state index contributed by atoms with van der Waals surface area (Å²) >= 11 is 1.57. The molecule has 0 atom stereocenters. The highest BCUT2D eigenvalue weighted by molar-refractivity contribution is 7.16. The molecule has 2 heterocycles. The fraction of sp³-hybridized carbons (Fsp3) is 0.176. The van der Waals surface area contributed by atoms with Gasteiger partial charge in [-0.3, -0.25) is 10.0 Å². The number of hydrazine groups is 1. The van der Waals surface area contributed by atoms with Crippen LogP contribution in [0.2, 0.25) is 0 Å². The molecule has 140 valence electrons. The molecule has 0 radical (unpaired) electrons. The average Bonchev–Trinajstić information content (AvgIpc) is 3.14. The molecule has 0 spiro atoms. The second-order valence-corrected chi connectivity index (χ2v) is 6.51. The number of aliphatic hydroxyl groups excluding tert-OH is 1. The maximum atomic E-state index is 8.83. The fourth-order valence-electron chi connectivity index (χ4n) is 2.42. The van der Waals surface area contributed by atoms with Crippen molar-refractivity contribution in [2.45, 2.75) is 6.54 Å². The van der Waals surface area contributed by atoms with E-state index in [1.807, 2.05) is 18.2 Å². The van der Waals surface area contributed by atoms with Gasteiger partial charge >= 0.3 is 0 Å². The van der Waals surface area contributed by atoms with Crippen molar-refractivity contribution in [2.75, 3.05) is 23.9 Å². The van der Waals surface area contributed by atoms with E-state index in [0.29, 0.717) is 23.6 Å². The SMILES string of the molecule is NC=C(C=NCCO)c1cnc(N)c(N(N)Cc2ccc3ncsc3c2)n1. The molecule has 27 heavy (non-hydrogen) atoms. The number of fused-ring (bicyclic) bond motifs is 1. The number of hydrogen-bond donors (Lipinski definition) is 4. The van der Waals surface area contributed by atoms with E-state index < -0.39 is 0 Å². The first-order valence-corrected chi connectivity index (χ1v) is 9.00. The minimum absolute atomic E-state index is 0.0479. The molecule has 3 aromatic rings. The quantitative estimate of drug-likeness (QED) is 0.266. The van der Waals surface area contributed by atoms with Gasteiger partial charge in [-0.05, 0) is 17.7 Å². The Labute approximate surface area is 159 Å². The number of thiazole rings is 1. The van der Waals surface area contributed by atoms with Gasteiger partial charge in [-0.2, -0.15) is 0 Å². The van der Waals surface area contributed by atoms with E-state index in [9.17, 15) is 0 Å². The van der Waals surface area contributed by atoms with Gasteiger partial charge in [0.2, 0.25) is 0 Å². The topological polar surface area (TPSA) is 153 Å². The average molecular weight is 384 g/mol. The number of benzene rings is 1. The summed E-state index contributed by atoms with van der Waals surface area (Å²) in [4.78, 5) is 17.0. The van der Waals surface area contributed by atoms with Crippen molar-refractivity contribution in [3.63, 3.8) is 0 Å². The van der Waals surface area contributed by atoms with Crippen molar-refractivity contribution in [2.24, 2.45) is 16.6 Å². The van der Waals surface area contributed by atoms with Crippen LogP contribution in [0, 0.1) is 0 Å². The molecule has 0 saturated heterocycles. The van der Waals surface area contributed by atoms with Crippen LogP contribution in [0.1, 0.15) is 11.3 Å².